The van der Waals surface area contributed by atoms with Crippen LogP contribution in [0.15, 0.2) is 18.2 Å². The highest BCUT2D eigenvalue weighted by Gasteiger charge is 2.31. The van der Waals surface area contributed by atoms with Crippen LogP contribution >= 0.6 is 0 Å². The number of nitrogens with zero attached hydrogens (tertiary/aromatic N) is 2. The predicted molar refractivity (Wildman–Crippen MR) is 113 cm³/mol. The number of ether oxygens (including phenoxy) is 2. The lowest BCUT2D eigenvalue weighted by molar-refractivity contribution is 0.0600. The van der Waals surface area contributed by atoms with E-state index in [4.69, 9.17) is 9.47 Å². The first-order valence-corrected chi connectivity index (χ1v) is 10.2. The Morgan fingerprint density at radius 2 is 1.97 bits per heavy atom. The molecule has 1 N–H and O–H groups in total. The van der Waals surface area contributed by atoms with E-state index in [0.29, 0.717) is 22.9 Å². The maximum Gasteiger partial charge on any atom is 0.337 e. The molecule has 0 saturated heterocycles. The average Bonchev–Trinajstić information content (AvgIpc) is 3.56. The normalized spacial score (nSPS) is 14.3. The second-order valence-electron chi connectivity index (χ2n) is 8.16. The molecule has 0 aliphatic heterocycles. The molecule has 1 saturated carbocycles. The summed E-state index contributed by atoms with van der Waals surface area (Å²) in [5, 5.41) is 21.0. The Kier molecular flexibility index (Phi) is 6.42. The first-order chi connectivity index (χ1) is 14.3. The van der Waals surface area contributed by atoms with Crippen molar-refractivity contribution >= 4 is 5.97 Å². The van der Waals surface area contributed by atoms with Gasteiger partial charge in [-0.1, -0.05) is 13.8 Å². The van der Waals surface area contributed by atoms with Gasteiger partial charge in [0, 0.05) is 11.3 Å². The largest absolute Gasteiger partial charge is 0.481 e. The minimum Gasteiger partial charge on any atom is -0.481 e. The Balaban J connectivity index is 2.24. The first kappa shape index (κ1) is 21.8. The third kappa shape index (κ3) is 4.31. The van der Waals surface area contributed by atoms with Crippen molar-refractivity contribution in [3.63, 3.8) is 0 Å². The predicted octanol–water partition coefficient (Wildman–Crippen LogP) is 4.21. The van der Waals surface area contributed by atoms with Crippen molar-refractivity contribution < 1.29 is 19.4 Å². The van der Waals surface area contributed by atoms with E-state index in [1.807, 2.05) is 20.8 Å². The molecule has 0 spiro atoms. The summed E-state index contributed by atoms with van der Waals surface area (Å²) in [5.41, 5.74) is 4.48. The molecular formula is C24H28N2O4. The molecule has 6 heteroatoms. The third-order valence-electron chi connectivity index (χ3n) is 5.61. The standard InChI is InChI=1S/C24H28N2O4/c1-13(2)20-21(19(10-15-6-7-15)14(3)26-23(20)29-4)22(27)17-8-16(12-25)9-18(11-17)24(28)30-5/h8-9,11,13,15,22,27H,6-7,10H2,1-5H3. The highest BCUT2D eigenvalue weighted by atomic mass is 16.5. The van der Waals surface area contributed by atoms with E-state index < -0.39 is 12.1 Å². The van der Waals surface area contributed by atoms with E-state index in [1.54, 1.807) is 19.2 Å². The topological polar surface area (TPSA) is 92.4 Å². The Hall–Kier alpha value is -2.91. The second-order valence-corrected chi connectivity index (χ2v) is 8.16. The van der Waals surface area contributed by atoms with Crippen molar-refractivity contribution in [2.24, 2.45) is 5.92 Å². The fourth-order valence-corrected chi connectivity index (χ4v) is 3.92. The lowest BCUT2D eigenvalue weighted by atomic mass is 9.85. The number of carbonyl (C=O) groups is 1. The molecule has 30 heavy (non-hydrogen) atoms. The van der Waals surface area contributed by atoms with Gasteiger partial charge in [-0.2, -0.15) is 5.26 Å². The lowest BCUT2D eigenvalue weighted by Crippen LogP contribution is -2.15. The molecular weight excluding hydrogens is 380 g/mol. The molecule has 1 atom stereocenters. The monoisotopic (exact) mass is 408 g/mol. The zero-order chi connectivity index (χ0) is 22.0. The maximum atomic E-state index is 12.1. The number of carbonyl (C=O) groups excluding carboxylic acids is 1. The van der Waals surface area contributed by atoms with Crippen LogP contribution in [-0.4, -0.2) is 30.3 Å². The Morgan fingerprint density at radius 1 is 1.27 bits per heavy atom. The van der Waals surface area contributed by atoms with Gasteiger partial charge in [0.25, 0.3) is 0 Å². The molecule has 1 fully saturated rings. The molecule has 1 aliphatic rings. The zero-order valence-corrected chi connectivity index (χ0v) is 18.2. The van der Waals surface area contributed by atoms with Crippen molar-refractivity contribution in [1.82, 2.24) is 4.98 Å². The quantitative estimate of drug-likeness (QED) is 0.690. The molecule has 1 aliphatic carbocycles. The molecule has 1 heterocycles. The van der Waals surface area contributed by atoms with Crippen LogP contribution in [0.25, 0.3) is 0 Å². The summed E-state index contributed by atoms with van der Waals surface area (Å²) in [6, 6.07) is 6.74. The number of hydrogen-bond acceptors (Lipinski definition) is 6. The molecule has 1 aromatic heterocycles. The van der Waals surface area contributed by atoms with Gasteiger partial charge < -0.3 is 14.6 Å². The molecule has 6 nitrogen and oxygen atoms in total. The Morgan fingerprint density at radius 3 is 2.50 bits per heavy atom. The number of aliphatic hydroxyl groups is 1. The summed E-state index contributed by atoms with van der Waals surface area (Å²) >= 11 is 0. The SMILES string of the molecule is COC(=O)c1cc(C#N)cc(C(O)c2c(CC3CC3)c(C)nc(OC)c2C(C)C)c1. The molecule has 1 unspecified atom stereocenters. The number of hydrogen-bond donors (Lipinski definition) is 1. The molecule has 0 bridgehead atoms. The average molecular weight is 408 g/mol. The van der Waals surface area contributed by atoms with Gasteiger partial charge in [-0.3, -0.25) is 0 Å². The minimum atomic E-state index is -1.02. The summed E-state index contributed by atoms with van der Waals surface area (Å²) in [5.74, 6) is 0.614. The third-order valence-corrected chi connectivity index (χ3v) is 5.61. The van der Waals surface area contributed by atoms with E-state index >= 15 is 0 Å². The molecule has 3 rings (SSSR count). The summed E-state index contributed by atoms with van der Waals surface area (Å²) < 4.78 is 10.4. The van der Waals surface area contributed by atoms with Crippen molar-refractivity contribution in [2.75, 3.05) is 14.2 Å². The van der Waals surface area contributed by atoms with Crippen LogP contribution in [0.4, 0.5) is 0 Å². The highest BCUT2D eigenvalue weighted by molar-refractivity contribution is 5.90. The highest BCUT2D eigenvalue weighted by Crippen LogP contribution is 2.42. The molecule has 1 aromatic carbocycles. The second kappa shape index (κ2) is 8.85. The zero-order valence-electron chi connectivity index (χ0n) is 18.2. The summed E-state index contributed by atoms with van der Waals surface area (Å²) in [7, 11) is 2.87. The van der Waals surface area contributed by atoms with Gasteiger partial charge in [0.2, 0.25) is 5.88 Å². The molecule has 158 valence electrons. The number of aromatic nitrogens is 1. The van der Waals surface area contributed by atoms with E-state index in [2.05, 4.69) is 11.1 Å². The number of esters is 1. The minimum absolute atomic E-state index is 0.0647. The smallest absolute Gasteiger partial charge is 0.337 e. The van der Waals surface area contributed by atoms with Crippen LogP contribution in [0.3, 0.4) is 0 Å². The van der Waals surface area contributed by atoms with Gasteiger partial charge in [-0.15, -0.1) is 0 Å². The summed E-state index contributed by atoms with van der Waals surface area (Å²) in [4.78, 5) is 16.8. The van der Waals surface area contributed by atoms with Gasteiger partial charge in [-0.05, 0) is 72.9 Å². The van der Waals surface area contributed by atoms with Crippen LogP contribution in [-0.2, 0) is 11.2 Å². The number of nitriles is 1. The molecule has 0 amide bonds. The number of pyridine rings is 1. The summed E-state index contributed by atoms with van der Waals surface area (Å²) in [6.07, 6.45) is 2.17. The van der Waals surface area contributed by atoms with Crippen LogP contribution in [0.2, 0.25) is 0 Å². The molecule has 0 radical (unpaired) electrons. The number of rotatable bonds is 7. The van der Waals surface area contributed by atoms with Crippen LogP contribution in [0.1, 0.15) is 82.6 Å². The van der Waals surface area contributed by atoms with E-state index in [0.717, 1.165) is 28.8 Å². The van der Waals surface area contributed by atoms with Gasteiger partial charge >= 0.3 is 5.97 Å². The first-order valence-electron chi connectivity index (χ1n) is 10.2. The van der Waals surface area contributed by atoms with Gasteiger partial charge in [0.05, 0.1) is 31.4 Å². The van der Waals surface area contributed by atoms with Gasteiger partial charge in [0.15, 0.2) is 0 Å². The lowest BCUT2D eigenvalue weighted by Gasteiger charge is -2.25. The van der Waals surface area contributed by atoms with Crippen molar-refractivity contribution in [2.45, 2.75) is 52.1 Å². The van der Waals surface area contributed by atoms with Crippen molar-refractivity contribution in [3.8, 4) is 11.9 Å². The molecule has 2 aromatic rings. The Bertz CT molecular complexity index is 1000. The number of methoxy groups -OCH3 is 2. The van der Waals surface area contributed by atoms with Gasteiger partial charge in [-0.25, -0.2) is 9.78 Å². The van der Waals surface area contributed by atoms with Crippen molar-refractivity contribution in [3.05, 3.63) is 57.3 Å². The van der Waals surface area contributed by atoms with E-state index in [9.17, 15) is 15.2 Å². The van der Waals surface area contributed by atoms with E-state index in [1.165, 1.54) is 26.0 Å². The Labute approximate surface area is 177 Å². The maximum absolute atomic E-state index is 12.1. The van der Waals surface area contributed by atoms with Crippen LogP contribution in [0, 0.1) is 24.2 Å². The summed E-state index contributed by atoms with van der Waals surface area (Å²) in [6.45, 7) is 6.02. The van der Waals surface area contributed by atoms with Gasteiger partial charge in [0.1, 0.15) is 6.10 Å². The van der Waals surface area contributed by atoms with Crippen molar-refractivity contribution in [1.29, 1.82) is 5.26 Å². The number of benzene rings is 1. The van der Waals surface area contributed by atoms with Crippen LogP contribution in [0.5, 0.6) is 5.88 Å². The number of aryl methyl sites for hydroxylation is 1. The fraction of sp³-hybridized carbons (Fsp3) is 0.458. The van der Waals surface area contributed by atoms with E-state index in [-0.39, 0.29) is 11.5 Å². The fourth-order valence-electron chi connectivity index (χ4n) is 3.92. The number of aliphatic hydroxyl groups excluding tert-OH is 1. The van der Waals surface area contributed by atoms with Crippen LogP contribution < -0.4 is 4.74 Å².